The van der Waals surface area contributed by atoms with Crippen LogP contribution in [-0.2, 0) is 23.8 Å². The quantitative estimate of drug-likeness (QED) is 0.321. The minimum atomic E-state index is -1.34. The van der Waals surface area contributed by atoms with Crippen LogP contribution in [0.5, 0.6) is 17.2 Å². The Morgan fingerprint density at radius 2 is 1.48 bits per heavy atom. The number of benzene rings is 1. The summed E-state index contributed by atoms with van der Waals surface area (Å²) in [5.41, 5.74) is -0.690. The third-order valence-corrected chi connectivity index (χ3v) is 3.49. The van der Waals surface area contributed by atoms with Crippen molar-refractivity contribution in [2.45, 2.75) is 46.0 Å². The zero-order valence-electron chi connectivity index (χ0n) is 17.4. The third kappa shape index (κ3) is 5.63. The van der Waals surface area contributed by atoms with E-state index in [9.17, 15) is 14.4 Å². The number of methoxy groups -OCH3 is 2. The number of hydrogen-bond donors (Lipinski definition) is 0. The van der Waals surface area contributed by atoms with Gasteiger partial charge in [-0.3, -0.25) is 0 Å². The van der Waals surface area contributed by atoms with Crippen LogP contribution in [0.15, 0.2) is 17.7 Å². The summed E-state index contributed by atoms with van der Waals surface area (Å²) in [5.74, 6) is -2.75. The molecule has 9 nitrogen and oxygen atoms in total. The van der Waals surface area contributed by atoms with Crippen LogP contribution in [0.1, 0.15) is 40.2 Å². The molecule has 0 atom stereocenters. The number of carbonyl (C=O) groups is 3. The van der Waals surface area contributed by atoms with Gasteiger partial charge < -0.3 is 28.4 Å². The van der Waals surface area contributed by atoms with Gasteiger partial charge in [-0.15, -0.1) is 0 Å². The first-order chi connectivity index (χ1) is 13.3. The number of hydrogen-bond acceptors (Lipinski definition) is 9. The first-order valence-corrected chi connectivity index (χ1v) is 8.70. The zero-order valence-corrected chi connectivity index (χ0v) is 17.4. The van der Waals surface area contributed by atoms with Crippen molar-refractivity contribution in [1.82, 2.24) is 0 Å². The molecule has 0 bridgehead atoms. The van der Waals surface area contributed by atoms with Crippen LogP contribution in [0.3, 0.4) is 0 Å². The van der Waals surface area contributed by atoms with E-state index < -0.39 is 29.5 Å². The van der Waals surface area contributed by atoms with Gasteiger partial charge in [0, 0.05) is 13.8 Å². The van der Waals surface area contributed by atoms with Gasteiger partial charge in [0.05, 0.1) is 14.2 Å². The van der Waals surface area contributed by atoms with Gasteiger partial charge in [-0.2, -0.15) is 0 Å². The minimum Gasteiger partial charge on any atom is -0.493 e. The molecule has 1 saturated heterocycles. The van der Waals surface area contributed by atoms with Crippen molar-refractivity contribution in [3.63, 3.8) is 0 Å². The fraction of sp³-hybridized carbons (Fsp3) is 0.450. The van der Waals surface area contributed by atoms with Gasteiger partial charge in [0.25, 0.3) is 5.79 Å². The molecule has 1 heterocycles. The molecule has 0 spiro atoms. The molecule has 1 aromatic carbocycles. The Hall–Kier alpha value is -3.23. The lowest BCUT2D eigenvalue weighted by Gasteiger charge is -2.29. The molecule has 0 radical (unpaired) electrons. The Labute approximate surface area is 168 Å². The Bertz CT molecular complexity index is 812. The van der Waals surface area contributed by atoms with Crippen molar-refractivity contribution >= 4 is 24.2 Å². The molecule has 1 aromatic rings. The molecule has 158 valence electrons. The summed E-state index contributed by atoms with van der Waals surface area (Å²) in [6, 6.07) is 2.91. The maximum atomic E-state index is 12.1. The predicted molar refractivity (Wildman–Crippen MR) is 101 cm³/mol. The van der Waals surface area contributed by atoms with Crippen molar-refractivity contribution in [1.29, 1.82) is 0 Å². The summed E-state index contributed by atoms with van der Waals surface area (Å²) in [6.07, 6.45) is 0.323. The van der Waals surface area contributed by atoms with Crippen LogP contribution >= 0.6 is 0 Å². The van der Waals surface area contributed by atoms with E-state index in [-0.39, 0.29) is 22.8 Å². The highest BCUT2D eigenvalue weighted by Crippen LogP contribution is 2.40. The zero-order chi connectivity index (χ0) is 22.0. The summed E-state index contributed by atoms with van der Waals surface area (Å²) in [4.78, 5) is 36.3. The first kappa shape index (κ1) is 22.1. The van der Waals surface area contributed by atoms with Crippen LogP contribution in [0.2, 0.25) is 0 Å². The number of cyclic esters (lactones) is 2. The molecule has 0 unspecified atom stereocenters. The minimum absolute atomic E-state index is 0.0127. The molecule has 9 heteroatoms. The second kappa shape index (κ2) is 8.02. The van der Waals surface area contributed by atoms with Crippen molar-refractivity contribution in [2.24, 2.45) is 0 Å². The number of ether oxygens (including phenoxy) is 6. The Morgan fingerprint density at radius 1 is 1.00 bits per heavy atom. The van der Waals surface area contributed by atoms with E-state index >= 15 is 0 Å². The fourth-order valence-corrected chi connectivity index (χ4v) is 2.38. The average Bonchev–Trinajstić information content (AvgIpc) is 2.56. The molecule has 0 N–H and O–H groups in total. The average molecular weight is 408 g/mol. The third-order valence-electron chi connectivity index (χ3n) is 3.49. The van der Waals surface area contributed by atoms with Crippen LogP contribution in [-0.4, -0.2) is 43.7 Å². The van der Waals surface area contributed by atoms with Gasteiger partial charge in [0.15, 0.2) is 11.5 Å². The van der Waals surface area contributed by atoms with Crippen molar-refractivity contribution in [3.05, 3.63) is 23.3 Å². The van der Waals surface area contributed by atoms with E-state index in [1.165, 1.54) is 46.3 Å². The van der Waals surface area contributed by atoms with E-state index in [4.69, 9.17) is 28.4 Å². The maximum Gasteiger partial charge on any atom is 0.514 e. The molecule has 0 saturated carbocycles. The summed E-state index contributed by atoms with van der Waals surface area (Å²) in [7, 11) is 2.72. The highest BCUT2D eigenvalue weighted by atomic mass is 16.7. The van der Waals surface area contributed by atoms with Crippen LogP contribution in [0.4, 0.5) is 4.79 Å². The predicted octanol–water partition coefficient (Wildman–Crippen LogP) is 3.24. The second-order valence-corrected chi connectivity index (χ2v) is 7.56. The van der Waals surface area contributed by atoms with Crippen molar-refractivity contribution < 1.29 is 42.8 Å². The summed E-state index contributed by atoms with van der Waals surface area (Å²) >= 11 is 0. The van der Waals surface area contributed by atoms with Gasteiger partial charge in [-0.1, -0.05) is 0 Å². The monoisotopic (exact) mass is 408 g/mol. The fourth-order valence-electron chi connectivity index (χ4n) is 2.38. The summed E-state index contributed by atoms with van der Waals surface area (Å²) in [5, 5.41) is 0. The largest absolute Gasteiger partial charge is 0.514 e. The number of rotatable bonds is 4. The first-order valence-electron chi connectivity index (χ1n) is 8.70. The van der Waals surface area contributed by atoms with E-state index in [2.05, 4.69) is 0 Å². The van der Waals surface area contributed by atoms with Crippen LogP contribution < -0.4 is 14.2 Å². The summed E-state index contributed by atoms with van der Waals surface area (Å²) < 4.78 is 31.0. The maximum absolute atomic E-state index is 12.1. The van der Waals surface area contributed by atoms with Gasteiger partial charge >= 0.3 is 18.1 Å². The Morgan fingerprint density at radius 3 is 1.90 bits per heavy atom. The number of esters is 2. The lowest BCUT2D eigenvalue weighted by molar-refractivity contribution is -0.222. The number of carbonyl (C=O) groups excluding carboxylic acids is 3. The molecule has 1 aliphatic rings. The highest BCUT2D eigenvalue weighted by Gasteiger charge is 2.39. The van der Waals surface area contributed by atoms with E-state index in [1.54, 1.807) is 20.8 Å². The van der Waals surface area contributed by atoms with Gasteiger partial charge in [0.2, 0.25) is 5.75 Å². The molecule has 0 aromatic heterocycles. The van der Waals surface area contributed by atoms with Crippen molar-refractivity contribution in [2.75, 3.05) is 14.2 Å². The lowest BCUT2D eigenvalue weighted by atomic mass is 10.1. The highest BCUT2D eigenvalue weighted by molar-refractivity contribution is 6.18. The molecular formula is C20H24O9. The second-order valence-electron chi connectivity index (χ2n) is 7.56. The van der Waals surface area contributed by atoms with Crippen molar-refractivity contribution in [3.8, 4) is 17.2 Å². The molecule has 1 fully saturated rings. The van der Waals surface area contributed by atoms with Crippen LogP contribution in [0, 0.1) is 0 Å². The SMILES string of the molecule is COc1cc(C=C2C(=O)OC(C)(C)OC2=O)cc(OC)c1OC(=O)OC(C)(C)C. The van der Waals surface area contributed by atoms with Gasteiger partial charge in [-0.05, 0) is 44.5 Å². The molecule has 1 aliphatic heterocycles. The molecular weight excluding hydrogens is 384 g/mol. The van der Waals surface area contributed by atoms with Crippen LogP contribution in [0.25, 0.3) is 6.08 Å². The topological polar surface area (TPSA) is 107 Å². The molecule has 0 aliphatic carbocycles. The van der Waals surface area contributed by atoms with E-state index in [0.717, 1.165) is 0 Å². The smallest absolute Gasteiger partial charge is 0.493 e. The van der Waals surface area contributed by atoms with E-state index in [0.29, 0.717) is 5.56 Å². The van der Waals surface area contributed by atoms with Gasteiger partial charge in [-0.25, -0.2) is 14.4 Å². The summed E-state index contributed by atoms with van der Waals surface area (Å²) in [6.45, 7) is 7.99. The molecule has 0 amide bonds. The standard InChI is InChI=1S/C20H24O9/c1-19(2,3)29-18(23)26-15-13(24-6)9-11(10-14(15)25-7)8-12-16(21)27-20(4,5)28-17(12)22/h8-10H,1-7H3. The lowest BCUT2D eigenvalue weighted by Crippen LogP contribution is -2.41. The normalized spacial score (nSPS) is 15.8. The van der Waals surface area contributed by atoms with Gasteiger partial charge in [0.1, 0.15) is 11.2 Å². The Kier molecular flexibility index (Phi) is 6.10. The Balaban J connectivity index is 2.40. The molecule has 2 rings (SSSR count). The van der Waals surface area contributed by atoms with E-state index in [1.807, 2.05) is 0 Å². The molecule has 29 heavy (non-hydrogen) atoms.